The number of hydrogen-bond acceptors (Lipinski definition) is 5. The lowest BCUT2D eigenvalue weighted by Gasteiger charge is -2.38. The van der Waals surface area contributed by atoms with Crippen LogP contribution in [0.15, 0.2) is 47.1 Å². The van der Waals surface area contributed by atoms with Crippen molar-refractivity contribution in [1.82, 2.24) is 4.90 Å². The first-order valence-electron chi connectivity index (χ1n) is 9.40. The Morgan fingerprint density at radius 1 is 1.15 bits per heavy atom. The molecule has 2 aromatic rings. The molecule has 6 heteroatoms. The number of nitrogens with zero attached hydrogens (tertiary/aromatic N) is 1. The molecule has 1 aromatic heterocycles. The van der Waals surface area contributed by atoms with Gasteiger partial charge in [0.05, 0.1) is 18.4 Å². The SMILES string of the molecule is C[C@@H]1CCC[C@@H](C)N1C(=O)COC(=O)c1ccccc1NCc1ccco1. The van der Waals surface area contributed by atoms with Crippen LogP contribution in [0.3, 0.4) is 0 Å². The molecule has 1 fully saturated rings. The van der Waals surface area contributed by atoms with Crippen molar-refractivity contribution in [3.8, 4) is 0 Å². The van der Waals surface area contributed by atoms with E-state index in [1.165, 1.54) is 0 Å². The second kappa shape index (κ2) is 8.75. The third kappa shape index (κ3) is 4.70. The molecule has 1 aliphatic heterocycles. The summed E-state index contributed by atoms with van der Waals surface area (Å²) in [4.78, 5) is 26.9. The number of furan rings is 1. The van der Waals surface area contributed by atoms with E-state index in [2.05, 4.69) is 5.32 Å². The van der Waals surface area contributed by atoms with E-state index < -0.39 is 5.97 Å². The Bertz CT molecular complexity index is 762. The van der Waals surface area contributed by atoms with E-state index in [0.717, 1.165) is 25.0 Å². The molecule has 2 heterocycles. The molecule has 2 atom stereocenters. The lowest BCUT2D eigenvalue weighted by molar-refractivity contribution is -0.140. The Labute approximate surface area is 159 Å². The predicted molar refractivity (Wildman–Crippen MR) is 102 cm³/mol. The van der Waals surface area contributed by atoms with Crippen LogP contribution >= 0.6 is 0 Å². The quantitative estimate of drug-likeness (QED) is 0.782. The van der Waals surface area contributed by atoms with Crippen molar-refractivity contribution in [2.45, 2.75) is 51.7 Å². The van der Waals surface area contributed by atoms with Gasteiger partial charge in [0.15, 0.2) is 6.61 Å². The van der Waals surface area contributed by atoms with Gasteiger partial charge in [0, 0.05) is 17.8 Å². The van der Waals surface area contributed by atoms with Crippen LogP contribution in [0.25, 0.3) is 0 Å². The molecule has 0 spiro atoms. The van der Waals surface area contributed by atoms with E-state index in [9.17, 15) is 9.59 Å². The molecule has 1 amide bonds. The highest BCUT2D eigenvalue weighted by molar-refractivity contribution is 5.96. The van der Waals surface area contributed by atoms with Crippen LogP contribution in [-0.4, -0.2) is 35.5 Å². The fourth-order valence-electron chi connectivity index (χ4n) is 3.60. The summed E-state index contributed by atoms with van der Waals surface area (Å²) in [6, 6.07) is 11.1. The topological polar surface area (TPSA) is 71.8 Å². The zero-order chi connectivity index (χ0) is 19.2. The van der Waals surface area contributed by atoms with Crippen molar-refractivity contribution in [3.05, 3.63) is 54.0 Å². The molecule has 1 saturated heterocycles. The minimum absolute atomic E-state index is 0.135. The number of ether oxygens (including phenoxy) is 1. The van der Waals surface area contributed by atoms with Crippen LogP contribution in [0.4, 0.5) is 5.69 Å². The molecule has 0 saturated carbocycles. The van der Waals surface area contributed by atoms with Crippen molar-refractivity contribution >= 4 is 17.6 Å². The number of para-hydroxylation sites is 1. The first-order valence-corrected chi connectivity index (χ1v) is 9.40. The summed E-state index contributed by atoms with van der Waals surface area (Å²) in [6.45, 7) is 4.31. The van der Waals surface area contributed by atoms with Crippen LogP contribution in [0.1, 0.15) is 49.2 Å². The number of nitrogens with one attached hydrogen (secondary N) is 1. The molecule has 0 bridgehead atoms. The highest BCUT2D eigenvalue weighted by Gasteiger charge is 2.29. The summed E-state index contributed by atoms with van der Waals surface area (Å²) < 4.78 is 10.6. The minimum atomic E-state index is -0.511. The van der Waals surface area contributed by atoms with Crippen molar-refractivity contribution in [2.75, 3.05) is 11.9 Å². The number of likely N-dealkylation sites (tertiary alicyclic amines) is 1. The lowest BCUT2D eigenvalue weighted by atomic mass is 9.97. The Kier molecular flexibility index (Phi) is 6.16. The summed E-state index contributed by atoms with van der Waals surface area (Å²) in [5.41, 5.74) is 1.04. The van der Waals surface area contributed by atoms with Gasteiger partial charge in [-0.1, -0.05) is 12.1 Å². The summed E-state index contributed by atoms with van der Waals surface area (Å²) >= 11 is 0. The van der Waals surface area contributed by atoms with E-state index in [4.69, 9.17) is 9.15 Å². The van der Waals surface area contributed by atoms with E-state index in [-0.39, 0.29) is 24.6 Å². The van der Waals surface area contributed by atoms with E-state index in [0.29, 0.717) is 17.8 Å². The molecule has 0 radical (unpaired) electrons. The molecular weight excluding hydrogens is 344 g/mol. The Hall–Kier alpha value is -2.76. The van der Waals surface area contributed by atoms with Gasteiger partial charge in [-0.2, -0.15) is 0 Å². The van der Waals surface area contributed by atoms with Gasteiger partial charge in [0.2, 0.25) is 0 Å². The number of hydrogen-bond donors (Lipinski definition) is 1. The average molecular weight is 370 g/mol. The third-order valence-electron chi connectivity index (χ3n) is 4.99. The molecular formula is C21H26N2O4. The number of carbonyl (C=O) groups excluding carboxylic acids is 2. The van der Waals surface area contributed by atoms with Gasteiger partial charge < -0.3 is 19.4 Å². The molecule has 1 N–H and O–H groups in total. The fourth-order valence-corrected chi connectivity index (χ4v) is 3.60. The maximum absolute atomic E-state index is 12.5. The molecule has 1 aromatic carbocycles. The zero-order valence-electron chi connectivity index (χ0n) is 15.8. The summed E-state index contributed by atoms with van der Waals surface area (Å²) in [5, 5.41) is 3.17. The van der Waals surface area contributed by atoms with E-state index >= 15 is 0 Å². The third-order valence-corrected chi connectivity index (χ3v) is 4.99. The van der Waals surface area contributed by atoms with Crippen LogP contribution in [0, 0.1) is 0 Å². The van der Waals surface area contributed by atoms with Crippen molar-refractivity contribution in [2.24, 2.45) is 0 Å². The van der Waals surface area contributed by atoms with Crippen LogP contribution in [0.5, 0.6) is 0 Å². The highest BCUT2D eigenvalue weighted by Crippen LogP contribution is 2.23. The van der Waals surface area contributed by atoms with Gasteiger partial charge in [0.1, 0.15) is 5.76 Å². The monoisotopic (exact) mass is 370 g/mol. The maximum Gasteiger partial charge on any atom is 0.340 e. The fraction of sp³-hybridized carbons (Fsp3) is 0.429. The normalized spacial score (nSPS) is 19.6. The first kappa shape index (κ1) is 19.0. The Morgan fingerprint density at radius 3 is 2.59 bits per heavy atom. The minimum Gasteiger partial charge on any atom is -0.467 e. The van der Waals surface area contributed by atoms with Gasteiger partial charge in [-0.3, -0.25) is 4.79 Å². The smallest absolute Gasteiger partial charge is 0.340 e. The summed E-state index contributed by atoms with van der Waals surface area (Å²) in [7, 11) is 0. The molecule has 6 nitrogen and oxygen atoms in total. The number of carbonyl (C=O) groups is 2. The van der Waals surface area contributed by atoms with Gasteiger partial charge in [0.25, 0.3) is 5.91 Å². The molecule has 3 rings (SSSR count). The van der Waals surface area contributed by atoms with Crippen LogP contribution in [-0.2, 0) is 16.1 Å². The van der Waals surface area contributed by atoms with Crippen LogP contribution < -0.4 is 5.32 Å². The largest absolute Gasteiger partial charge is 0.467 e. The first-order chi connectivity index (χ1) is 13.1. The number of esters is 1. The second-order valence-corrected chi connectivity index (χ2v) is 6.98. The van der Waals surface area contributed by atoms with Crippen molar-refractivity contribution < 1.29 is 18.7 Å². The van der Waals surface area contributed by atoms with Gasteiger partial charge in [-0.05, 0) is 57.4 Å². The van der Waals surface area contributed by atoms with Gasteiger partial charge >= 0.3 is 5.97 Å². The average Bonchev–Trinajstić information content (AvgIpc) is 3.18. The van der Waals surface area contributed by atoms with Crippen molar-refractivity contribution in [1.29, 1.82) is 0 Å². The standard InChI is InChI=1S/C21H26N2O4/c1-15-7-5-8-16(2)23(15)20(24)14-27-21(25)18-10-3-4-11-19(18)22-13-17-9-6-12-26-17/h3-4,6,9-12,15-16,22H,5,7-8,13-14H2,1-2H3/t15-,16-/m1/s1. The summed E-state index contributed by atoms with van der Waals surface area (Å²) in [6.07, 6.45) is 4.71. The molecule has 27 heavy (non-hydrogen) atoms. The predicted octanol–water partition coefficient (Wildman–Crippen LogP) is 3.84. The van der Waals surface area contributed by atoms with Crippen molar-refractivity contribution in [3.63, 3.8) is 0 Å². The molecule has 1 aliphatic rings. The zero-order valence-corrected chi connectivity index (χ0v) is 15.8. The molecule has 144 valence electrons. The number of benzene rings is 1. The van der Waals surface area contributed by atoms with Gasteiger partial charge in [-0.15, -0.1) is 0 Å². The van der Waals surface area contributed by atoms with Gasteiger partial charge in [-0.25, -0.2) is 4.79 Å². The lowest BCUT2D eigenvalue weighted by Crippen LogP contribution is -2.49. The number of anilines is 1. The maximum atomic E-state index is 12.5. The van der Waals surface area contributed by atoms with E-state index in [1.54, 1.807) is 24.5 Å². The van der Waals surface area contributed by atoms with E-state index in [1.807, 2.05) is 36.9 Å². The Balaban J connectivity index is 1.60. The number of rotatable bonds is 6. The Morgan fingerprint density at radius 2 is 1.89 bits per heavy atom. The summed E-state index contributed by atoms with van der Waals surface area (Å²) in [5.74, 6) is 0.119. The molecule has 0 unspecified atom stereocenters. The highest BCUT2D eigenvalue weighted by atomic mass is 16.5. The number of amides is 1. The number of piperidine rings is 1. The second-order valence-electron chi connectivity index (χ2n) is 6.98. The molecule has 0 aliphatic carbocycles. The van der Waals surface area contributed by atoms with Crippen LogP contribution in [0.2, 0.25) is 0 Å².